The van der Waals surface area contributed by atoms with E-state index in [-0.39, 0.29) is 0 Å². The summed E-state index contributed by atoms with van der Waals surface area (Å²) in [7, 11) is 0. The molecule has 0 spiro atoms. The SMILES string of the molecule is C[C@@H]1CNCCN1C1CCCCC1. The molecule has 2 fully saturated rings. The van der Waals surface area contributed by atoms with E-state index >= 15 is 0 Å². The normalized spacial score (nSPS) is 33.5. The Balaban J connectivity index is 1.88. The maximum absolute atomic E-state index is 3.46. The summed E-state index contributed by atoms with van der Waals surface area (Å²) >= 11 is 0. The second-order valence-electron chi connectivity index (χ2n) is 4.58. The van der Waals surface area contributed by atoms with Crippen LogP contribution in [-0.4, -0.2) is 36.6 Å². The van der Waals surface area contributed by atoms with Crippen LogP contribution in [-0.2, 0) is 0 Å². The number of nitrogens with one attached hydrogen (secondary N) is 1. The number of rotatable bonds is 1. The van der Waals surface area contributed by atoms with Crippen molar-refractivity contribution in [3.05, 3.63) is 0 Å². The minimum absolute atomic E-state index is 0.761. The lowest BCUT2D eigenvalue weighted by Crippen LogP contribution is -2.54. The van der Waals surface area contributed by atoms with Crippen LogP contribution in [0.25, 0.3) is 0 Å². The van der Waals surface area contributed by atoms with Crippen molar-refractivity contribution in [1.29, 1.82) is 0 Å². The molecule has 1 heterocycles. The first-order valence-corrected chi connectivity index (χ1v) is 5.84. The lowest BCUT2D eigenvalue weighted by Gasteiger charge is -2.41. The third-order valence-electron chi connectivity index (χ3n) is 3.60. The zero-order valence-electron chi connectivity index (χ0n) is 8.76. The molecule has 2 rings (SSSR count). The minimum Gasteiger partial charge on any atom is -0.314 e. The second kappa shape index (κ2) is 4.43. The molecule has 0 aromatic heterocycles. The predicted molar refractivity (Wildman–Crippen MR) is 55.9 cm³/mol. The molecule has 0 amide bonds. The van der Waals surface area contributed by atoms with E-state index in [1.807, 2.05) is 0 Å². The van der Waals surface area contributed by atoms with Crippen molar-refractivity contribution in [2.24, 2.45) is 0 Å². The minimum atomic E-state index is 0.761. The van der Waals surface area contributed by atoms with Crippen LogP contribution in [0.5, 0.6) is 0 Å². The third-order valence-corrected chi connectivity index (χ3v) is 3.60. The van der Waals surface area contributed by atoms with Gasteiger partial charge in [-0.3, -0.25) is 4.90 Å². The topological polar surface area (TPSA) is 15.3 Å². The van der Waals surface area contributed by atoms with Crippen molar-refractivity contribution in [1.82, 2.24) is 10.2 Å². The first-order valence-electron chi connectivity index (χ1n) is 5.84. The van der Waals surface area contributed by atoms with Gasteiger partial charge in [0.05, 0.1) is 0 Å². The summed E-state index contributed by atoms with van der Waals surface area (Å²) in [4.78, 5) is 2.73. The Bertz CT molecular complexity index is 152. The molecule has 0 aromatic rings. The van der Waals surface area contributed by atoms with Gasteiger partial charge >= 0.3 is 0 Å². The largest absolute Gasteiger partial charge is 0.314 e. The molecule has 76 valence electrons. The molecule has 0 aromatic carbocycles. The summed E-state index contributed by atoms with van der Waals surface area (Å²) in [5, 5.41) is 3.46. The van der Waals surface area contributed by atoms with Crippen molar-refractivity contribution in [2.75, 3.05) is 19.6 Å². The Kier molecular flexibility index (Phi) is 3.23. The summed E-state index contributed by atoms with van der Waals surface area (Å²) in [5.41, 5.74) is 0. The summed E-state index contributed by atoms with van der Waals surface area (Å²) in [6.07, 6.45) is 7.29. The van der Waals surface area contributed by atoms with E-state index in [1.54, 1.807) is 0 Å². The van der Waals surface area contributed by atoms with Crippen molar-refractivity contribution in [3.8, 4) is 0 Å². The smallest absolute Gasteiger partial charge is 0.0195 e. The average molecular weight is 182 g/mol. The lowest BCUT2D eigenvalue weighted by atomic mass is 9.93. The third kappa shape index (κ3) is 2.23. The number of piperazine rings is 1. The summed E-state index contributed by atoms with van der Waals surface area (Å²) in [6.45, 7) is 6.02. The van der Waals surface area contributed by atoms with Gasteiger partial charge in [-0.05, 0) is 19.8 Å². The Hall–Kier alpha value is -0.0800. The van der Waals surface area contributed by atoms with Crippen LogP contribution in [0.4, 0.5) is 0 Å². The number of hydrogen-bond acceptors (Lipinski definition) is 2. The highest BCUT2D eigenvalue weighted by Gasteiger charge is 2.26. The van der Waals surface area contributed by atoms with E-state index in [9.17, 15) is 0 Å². The fraction of sp³-hybridized carbons (Fsp3) is 1.00. The molecular weight excluding hydrogens is 160 g/mol. The van der Waals surface area contributed by atoms with Gasteiger partial charge in [0.25, 0.3) is 0 Å². The molecule has 0 bridgehead atoms. The van der Waals surface area contributed by atoms with Gasteiger partial charge < -0.3 is 5.32 Å². The van der Waals surface area contributed by atoms with Crippen LogP contribution in [0.2, 0.25) is 0 Å². The fourth-order valence-corrected chi connectivity index (χ4v) is 2.81. The van der Waals surface area contributed by atoms with E-state index in [1.165, 1.54) is 51.7 Å². The molecular formula is C11H22N2. The summed E-state index contributed by atoms with van der Waals surface area (Å²) in [6, 6.07) is 1.67. The van der Waals surface area contributed by atoms with Crippen molar-refractivity contribution in [2.45, 2.75) is 51.1 Å². The van der Waals surface area contributed by atoms with Gasteiger partial charge in [0.15, 0.2) is 0 Å². The molecule has 2 nitrogen and oxygen atoms in total. The Morgan fingerprint density at radius 3 is 2.62 bits per heavy atom. The molecule has 1 saturated heterocycles. The predicted octanol–water partition coefficient (Wildman–Crippen LogP) is 1.61. The molecule has 1 aliphatic carbocycles. The maximum Gasteiger partial charge on any atom is 0.0195 e. The van der Waals surface area contributed by atoms with Crippen LogP contribution >= 0.6 is 0 Å². The number of hydrogen-bond donors (Lipinski definition) is 1. The van der Waals surface area contributed by atoms with Crippen LogP contribution < -0.4 is 5.32 Å². The van der Waals surface area contributed by atoms with E-state index in [0.29, 0.717) is 0 Å². The molecule has 0 radical (unpaired) electrons. The number of nitrogens with zero attached hydrogens (tertiary/aromatic N) is 1. The van der Waals surface area contributed by atoms with E-state index in [2.05, 4.69) is 17.1 Å². The van der Waals surface area contributed by atoms with Gasteiger partial charge in [-0.25, -0.2) is 0 Å². The van der Waals surface area contributed by atoms with Gasteiger partial charge in [-0.15, -0.1) is 0 Å². The molecule has 13 heavy (non-hydrogen) atoms. The first-order chi connectivity index (χ1) is 6.38. The average Bonchev–Trinajstić information content (AvgIpc) is 2.20. The van der Waals surface area contributed by atoms with Crippen molar-refractivity contribution < 1.29 is 0 Å². The van der Waals surface area contributed by atoms with Crippen LogP contribution in [0.3, 0.4) is 0 Å². The maximum atomic E-state index is 3.46. The van der Waals surface area contributed by atoms with Crippen molar-refractivity contribution in [3.63, 3.8) is 0 Å². The zero-order chi connectivity index (χ0) is 9.10. The summed E-state index contributed by atoms with van der Waals surface area (Å²) in [5.74, 6) is 0. The lowest BCUT2D eigenvalue weighted by molar-refractivity contribution is 0.0914. The van der Waals surface area contributed by atoms with Gasteiger partial charge in [0, 0.05) is 31.7 Å². The quantitative estimate of drug-likeness (QED) is 0.663. The fourth-order valence-electron chi connectivity index (χ4n) is 2.81. The Labute approximate surface area is 81.7 Å². The van der Waals surface area contributed by atoms with E-state index < -0.39 is 0 Å². The molecule has 0 unspecified atom stereocenters. The molecule has 2 heteroatoms. The Morgan fingerprint density at radius 1 is 1.15 bits per heavy atom. The molecule has 2 aliphatic rings. The van der Waals surface area contributed by atoms with Gasteiger partial charge in [-0.2, -0.15) is 0 Å². The highest BCUT2D eigenvalue weighted by molar-refractivity contribution is 4.84. The van der Waals surface area contributed by atoms with E-state index in [0.717, 1.165) is 12.1 Å². The molecule has 1 N–H and O–H groups in total. The monoisotopic (exact) mass is 182 g/mol. The summed E-state index contributed by atoms with van der Waals surface area (Å²) < 4.78 is 0. The van der Waals surface area contributed by atoms with Crippen LogP contribution in [0, 0.1) is 0 Å². The van der Waals surface area contributed by atoms with Crippen LogP contribution in [0.1, 0.15) is 39.0 Å². The second-order valence-corrected chi connectivity index (χ2v) is 4.58. The Morgan fingerprint density at radius 2 is 1.92 bits per heavy atom. The van der Waals surface area contributed by atoms with Crippen LogP contribution in [0.15, 0.2) is 0 Å². The molecule has 1 aliphatic heterocycles. The first kappa shape index (κ1) is 9.47. The standard InChI is InChI=1S/C11H22N2/c1-10-9-12-7-8-13(10)11-5-3-2-4-6-11/h10-12H,2-9H2,1H3/t10-/m1/s1. The van der Waals surface area contributed by atoms with E-state index in [4.69, 9.17) is 0 Å². The highest BCUT2D eigenvalue weighted by Crippen LogP contribution is 2.24. The zero-order valence-corrected chi connectivity index (χ0v) is 8.76. The molecule has 1 saturated carbocycles. The van der Waals surface area contributed by atoms with Gasteiger partial charge in [0.1, 0.15) is 0 Å². The van der Waals surface area contributed by atoms with Gasteiger partial charge in [0.2, 0.25) is 0 Å². The van der Waals surface area contributed by atoms with Gasteiger partial charge in [-0.1, -0.05) is 19.3 Å². The molecule has 1 atom stereocenters. The highest BCUT2D eigenvalue weighted by atomic mass is 15.2. The van der Waals surface area contributed by atoms with Crippen molar-refractivity contribution >= 4 is 0 Å².